The lowest BCUT2D eigenvalue weighted by Gasteiger charge is -2.29. The molecule has 0 spiro atoms. The average Bonchev–Trinajstić information content (AvgIpc) is 2.81. The number of nitrogens with two attached hydrogens (primary N) is 1. The van der Waals surface area contributed by atoms with Crippen LogP contribution in [0.3, 0.4) is 0 Å². The van der Waals surface area contributed by atoms with Gasteiger partial charge in [0.2, 0.25) is 0 Å². The third-order valence-electron chi connectivity index (χ3n) is 3.97. The lowest BCUT2D eigenvalue weighted by Crippen LogP contribution is -2.24. The van der Waals surface area contributed by atoms with Crippen LogP contribution in [0.5, 0.6) is 0 Å². The first-order valence-electron chi connectivity index (χ1n) is 7.39. The zero-order chi connectivity index (χ0) is 14.8. The number of aryl methyl sites for hydroxylation is 1. The van der Waals surface area contributed by atoms with Crippen molar-refractivity contribution in [2.45, 2.75) is 32.2 Å². The molecule has 4 nitrogen and oxygen atoms in total. The molecule has 4 heteroatoms. The van der Waals surface area contributed by atoms with Gasteiger partial charge in [-0.05, 0) is 30.0 Å². The van der Waals surface area contributed by atoms with E-state index in [1.807, 2.05) is 16.7 Å². The molecule has 2 N–H and O–H groups in total. The first kappa shape index (κ1) is 13.7. The summed E-state index contributed by atoms with van der Waals surface area (Å²) in [5.41, 5.74) is 9.58. The molecule has 0 saturated carbocycles. The van der Waals surface area contributed by atoms with E-state index in [4.69, 9.17) is 10.5 Å². The highest BCUT2D eigenvalue weighted by atomic mass is 16.5. The Hall–Kier alpha value is -2.23. The standard InChI is InChI=1S/C17H20N2O2/c1-2-7-19-10-14(18)9-16(19)17(20)21-11-13-8-12-5-3-4-6-15(12)13/h3-6,9-10,13H,2,7-8,11,18H2,1H3. The van der Waals surface area contributed by atoms with E-state index in [1.54, 1.807) is 12.3 Å². The molecule has 0 bridgehead atoms. The van der Waals surface area contributed by atoms with Crippen molar-refractivity contribution in [3.63, 3.8) is 0 Å². The van der Waals surface area contributed by atoms with Crippen LogP contribution in [0.25, 0.3) is 0 Å². The van der Waals surface area contributed by atoms with Gasteiger partial charge in [0.25, 0.3) is 0 Å². The molecule has 0 fully saturated rings. The number of ether oxygens (including phenoxy) is 1. The predicted octanol–water partition coefficient (Wildman–Crippen LogP) is 2.98. The van der Waals surface area contributed by atoms with Crippen LogP contribution in [0, 0.1) is 0 Å². The van der Waals surface area contributed by atoms with Crippen molar-refractivity contribution in [1.82, 2.24) is 4.57 Å². The highest BCUT2D eigenvalue weighted by Crippen LogP contribution is 2.34. The number of nitrogen functional groups attached to an aromatic ring is 1. The topological polar surface area (TPSA) is 57.2 Å². The summed E-state index contributed by atoms with van der Waals surface area (Å²) in [7, 11) is 0. The molecular weight excluding hydrogens is 264 g/mol. The molecule has 1 aliphatic rings. The fraction of sp³-hybridized carbons (Fsp3) is 0.353. The quantitative estimate of drug-likeness (QED) is 0.859. The molecule has 1 aromatic carbocycles. The minimum atomic E-state index is -0.287. The van der Waals surface area contributed by atoms with Gasteiger partial charge in [-0.1, -0.05) is 31.2 Å². The number of carbonyl (C=O) groups is 1. The van der Waals surface area contributed by atoms with E-state index < -0.39 is 0 Å². The lowest BCUT2D eigenvalue weighted by molar-refractivity contribution is 0.0457. The number of aromatic nitrogens is 1. The van der Waals surface area contributed by atoms with Crippen LogP contribution < -0.4 is 5.73 Å². The van der Waals surface area contributed by atoms with Crippen LogP contribution in [-0.2, 0) is 17.7 Å². The summed E-state index contributed by atoms with van der Waals surface area (Å²) in [6.07, 6.45) is 3.73. The molecule has 1 unspecified atom stereocenters. The number of nitrogens with zero attached hydrogens (tertiary/aromatic N) is 1. The number of rotatable bonds is 5. The van der Waals surface area contributed by atoms with Crippen molar-refractivity contribution in [1.29, 1.82) is 0 Å². The summed E-state index contributed by atoms with van der Waals surface area (Å²) in [4.78, 5) is 12.2. The van der Waals surface area contributed by atoms with Gasteiger partial charge in [-0.15, -0.1) is 0 Å². The zero-order valence-corrected chi connectivity index (χ0v) is 12.2. The highest BCUT2D eigenvalue weighted by molar-refractivity contribution is 5.89. The van der Waals surface area contributed by atoms with E-state index in [9.17, 15) is 4.79 Å². The predicted molar refractivity (Wildman–Crippen MR) is 82.3 cm³/mol. The molecule has 0 aliphatic heterocycles. The molecule has 0 radical (unpaired) electrons. The van der Waals surface area contributed by atoms with Gasteiger partial charge in [-0.2, -0.15) is 0 Å². The SMILES string of the molecule is CCCn1cc(N)cc1C(=O)OCC1Cc2ccccc21. The smallest absolute Gasteiger partial charge is 0.355 e. The minimum absolute atomic E-state index is 0.287. The third-order valence-corrected chi connectivity index (χ3v) is 3.97. The van der Waals surface area contributed by atoms with Gasteiger partial charge in [0, 0.05) is 18.7 Å². The maximum absolute atomic E-state index is 12.2. The van der Waals surface area contributed by atoms with Crippen LogP contribution >= 0.6 is 0 Å². The van der Waals surface area contributed by atoms with Crippen LogP contribution in [0.15, 0.2) is 36.5 Å². The van der Waals surface area contributed by atoms with Crippen LogP contribution in [0.2, 0.25) is 0 Å². The van der Waals surface area contributed by atoms with Crippen molar-refractivity contribution in [2.75, 3.05) is 12.3 Å². The second kappa shape index (κ2) is 5.64. The fourth-order valence-corrected chi connectivity index (χ4v) is 2.89. The Morgan fingerprint density at radius 1 is 1.43 bits per heavy atom. The Morgan fingerprint density at radius 2 is 2.24 bits per heavy atom. The number of esters is 1. The summed E-state index contributed by atoms with van der Waals surface area (Å²) in [5.74, 6) is 0.0432. The molecular formula is C17H20N2O2. The second-order valence-corrected chi connectivity index (χ2v) is 5.55. The highest BCUT2D eigenvalue weighted by Gasteiger charge is 2.27. The number of benzene rings is 1. The van der Waals surface area contributed by atoms with Crippen LogP contribution in [0.4, 0.5) is 5.69 Å². The zero-order valence-electron chi connectivity index (χ0n) is 12.2. The Morgan fingerprint density at radius 3 is 3.00 bits per heavy atom. The number of fused-ring (bicyclic) bond motifs is 1. The summed E-state index contributed by atoms with van der Waals surface area (Å²) >= 11 is 0. The molecule has 1 atom stereocenters. The Labute approximate surface area is 124 Å². The average molecular weight is 284 g/mol. The van der Waals surface area contributed by atoms with Gasteiger partial charge in [-0.25, -0.2) is 4.79 Å². The van der Waals surface area contributed by atoms with E-state index in [-0.39, 0.29) is 5.97 Å². The van der Waals surface area contributed by atoms with E-state index in [0.29, 0.717) is 23.9 Å². The normalized spacial score (nSPS) is 16.1. The summed E-state index contributed by atoms with van der Waals surface area (Å²) in [6.45, 7) is 3.28. The summed E-state index contributed by atoms with van der Waals surface area (Å²) in [5, 5.41) is 0. The lowest BCUT2D eigenvalue weighted by atomic mass is 9.78. The summed E-state index contributed by atoms with van der Waals surface area (Å²) in [6, 6.07) is 9.99. The maximum atomic E-state index is 12.2. The Bertz CT molecular complexity index is 661. The van der Waals surface area contributed by atoms with E-state index in [2.05, 4.69) is 19.1 Å². The fourth-order valence-electron chi connectivity index (χ4n) is 2.89. The second-order valence-electron chi connectivity index (χ2n) is 5.55. The first-order chi connectivity index (χ1) is 10.2. The van der Waals surface area contributed by atoms with Gasteiger partial charge in [0.15, 0.2) is 0 Å². The minimum Gasteiger partial charge on any atom is -0.460 e. The molecule has 3 rings (SSSR count). The van der Waals surface area contributed by atoms with E-state index >= 15 is 0 Å². The molecule has 1 aromatic heterocycles. The molecule has 1 aliphatic carbocycles. The molecule has 2 aromatic rings. The Balaban J connectivity index is 1.63. The largest absolute Gasteiger partial charge is 0.460 e. The third kappa shape index (κ3) is 2.66. The molecule has 110 valence electrons. The van der Waals surface area contributed by atoms with Gasteiger partial charge < -0.3 is 15.0 Å². The first-order valence-corrected chi connectivity index (χ1v) is 7.39. The number of anilines is 1. The maximum Gasteiger partial charge on any atom is 0.355 e. The number of hydrogen-bond donors (Lipinski definition) is 1. The van der Waals surface area contributed by atoms with Gasteiger partial charge in [0.05, 0.1) is 12.3 Å². The van der Waals surface area contributed by atoms with Gasteiger partial charge in [-0.3, -0.25) is 0 Å². The van der Waals surface area contributed by atoms with Crippen molar-refractivity contribution in [3.05, 3.63) is 53.3 Å². The monoisotopic (exact) mass is 284 g/mol. The van der Waals surface area contributed by atoms with Crippen LogP contribution in [-0.4, -0.2) is 17.1 Å². The van der Waals surface area contributed by atoms with Crippen molar-refractivity contribution >= 4 is 11.7 Å². The van der Waals surface area contributed by atoms with E-state index in [1.165, 1.54) is 11.1 Å². The van der Waals surface area contributed by atoms with Gasteiger partial charge in [0.1, 0.15) is 5.69 Å². The molecule has 1 heterocycles. The van der Waals surface area contributed by atoms with Gasteiger partial charge >= 0.3 is 5.97 Å². The van der Waals surface area contributed by atoms with Crippen LogP contribution in [0.1, 0.15) is 40.9 Å². The molecule has 21 heavy (non-hydrogen) atoms. The van der Waals surface area contributed by atoms with Crippen molar-refractivity contribution in [2.24, 2.45) is 0 Å². The van der Waals surface area contributed by atoms with E-state index in [0.717, 1.165) is 19.4 Å². The van der Waals surface area contributed by atoms with Crippen molar-refractivity contribution in [3.8, 4) is 0 Å². The molecule has 0 amide bonds. The number of carbonyl (C=O) groups excluding carboxylic acids is 1. The Kier molecular flexibility index (Phi) is 3.69. The van der Waals surface area contributed by atoms with Crippen molar-refractivity contribution < 1.29 is 9.53 Å². The molecule has 0 saturated heterocycles. The number of hydrogen-bond acceptors (Lipinski definition) is 3. The summed E-state index contributed by atoms with van der Waals surface area (Å²) < 4.78 is 7.34.